The van der Waals surface area contributed by atoms with Crippen molar-refractivity contribution in [1.29, 1.82) is 0 Å². The highest BCUT2D eigenvalue weighted by atomic mass is 16.5. The van der Waals surface area contributed by atoms with E-state index in [9.17, 15) is 9.59 Å². The molecule has 22 heavy (non-hydrogen) atoms. The molecule has 1 amide bonds. The van der Waals surface area contributed by atoms with Crippen molar-refractivity contribution in [3.05, 3.63) is 52.7 Å². The molecule has 1 fully saturated rings. The van der Waals surface area contributed by atoms with Gasteiger partial charge in [-0.05, 0) is 12.1 Å². The van der Waals surface area contributed by atoms with Gasteiger partial charge in [0.2, 0.25) is 5.88 Å². The largest absolute Gasteiger partial charge is 0.473 e. The predicted octanol–water partition coefficient (Wildman–Crippen LogP) is 1.11. The Kier molecular flexibility index (Phi) is 4.13. The van der Waals surface area contributed by atoms with E-state index in [2.05, 4.69) is 10.2 Å². The third-order valence-corrected chi connectivity index (χ3v) is 3.51. The molecule has 0 saturated carbocycles. The molecule has 2 aromatic heterocycles. The highest BCUT2D eigenvalue weighted by molar-refractivity contribution is 5.93. The molecule has 7 nitrogen and oxygen atoms in total. The molecule has 2 aromatic rings. The molecular formula is C15H15N3O4. The number of carbonyl (C=O) groups excluding carboxylic acids is 1. The van der Waals surface area contributed by atoms with Crippen LogP contribution in [0.15, 0.2) is 45.9 Å². The van der Waals surface area contributed by atoms with Crippen molar-refractivity contribution < 1.29 is 13.9 Å². The molecule has 3 rings (SSSR count). The van der Waals surface area contributed by atoms with Crippen LogP contribution in [0.25, 0.3) is 0 Å². The number of ether oxygens (including phenoxy) is 1. The SMILES string of the molecule is O=C(c1ccc(=O)oc1)N1CCC(Oc2cccnn2)CC1. The van der Waals surface area contributed by atoms with Gasteiger partial charge in [0.25, 0.3) is 5.91 Å². The quantitative estimate of drug-likeness (QED) is 0.844. The number of aromatic nitrogens is 2. The fraction of sp³-hybridized carbons (Fsp3) is 0.333. The van der Waals surface area contributed by atoms with E-state index >= 15 is 0 Å². The molecule has 7 heteroatoms. The number of likely N-dealkylation sites (tertiary alicyclic amines) is 1. The number of nitrogens with zero attached hydrogens (tertiary/aromatic N) is 3. The maximum absolute atomic E-state index is 12.3. The molecule has 3 heterocycles. The first kappa shape index (κ1) is 14.2. The van der Waals surface area contributed by atoms with Crippen molar-refractivity contribution in [3.63, 3.8) is 0 Å². The maximum Gasteiger partial charge on any atom is 0.335 e. The zero-order chi connectivity index (χ0) is 15.4. The minimum atomic E-state index is -0.465. The van der Waals surface area contributed by atoms with Crippen LogP contribution in [0, 0.1) is 0 Å². The van der Waals surface area contributed by atoms with Crippen molar-refractivity contribution in [1.82, 2.24) is 15.1 Å². The van der Waals surface area contributed by atoms with E-state index in [0.717, 1.165) is 12.8 Å². The van der Waals surface area contributed by atoms with Crippen LogP contribution in [-0.2, 0) is 0 Å². The summed E-state index contributed by atoms with van der Waals surface area (Å²) < 4.78 is 10.5. The third kappa shape index (κ3) is 3.30. The van der Waals surface area contributed by atoms with Gasteiger partial charge in [0.15, 0.2) is 0 Å². The van der Waals surface area contributed by atoms with Gasteiger partial charge in [0, 0.05) is 44.3 Å². The second kappa shape index (κ2) is 6.38. The molecule has 0 radical (unpaired) electrons. The number of hydrogen-bond donors (Lipinski definition) is 0. The summed E-state index contributed by atoms with van der Waals surface area (Å²) in [6, 6.07) is 6.26. The van der Waals surface area contributed by atoms with Gasteiger partial charge in [-0.2, -0.15) is 5.10 Å². The first-order valence-corrected chi connectivity index (χ1v) is 7.05. The minimum absolute atomic E-state index is 0.0226. The standard InChI is InChI=1S/C15H15N3O4/c19-14-4-3-11(10-21-14)15(20)18-8-5-12(6-9-18)22-13-2-1-7-16-17-13/h1-4,7,10,12H,5-6,8-9H2. The lowest BCUT2D eigenvalue weighted by molar-refractivity contribution is 0.0583. The van der Waals surface area contributed by atoms with Crippen LogP contribution in [-0.4, -0.2) is 40.2 Å². The van der Waals surface area contributed by atoms with Crippen molar-refractivity contribution >= 4 is 5.91 Å². The van der Waals surface area contributed by atoms with Crippen molar-refractivity contribution in [2.75, 3.05) is 13.1 Å². The lowest BCUT2D eigenvalue weighted by Gasteiger charge is -2.31. The van der Waals surface area contributed by atoms with Gasteiger partial charge >= 0.3 is 5.63 Å². The second-order valence-electron chi connectivity index (χ2n) is 5.01. The average Bonchev–Trinajstić information content (AvgIpc) is 2.57. The van der Waals surface area contributed by atoms with E-state index in [1.807, 2.05) is 0 Å². The van der Waals surface area contributed by atoms with Gasteiger partial charge in [-0.15, -0.1) is 5.10 Å². The zero-order valence-electron chi connectivity index (χ0n) is 11.8. The Morgan fingerprint density at radius 2 is 2.09 bits per heavy atom. The molecule has 0 aliphatic carbocycles. The molecule has 114 valence electrons. The first-order chi connectivity index (χ1) is 10.7. The molecule has 1 aliphatic heterocycles. The summed E-state index contributed by atoms with van der Waals surface area (Å²) in [7, 11) is 0. The van der Waals surface area contributed by atoms with E-state index in [1.165, 1.54) is 18.4 Å². The summed E-state index contributed by atoms with van der Waals surface area (Å²) >= 11 is 0. The molecule has 1 saturated heterocycles. The number of hydrogen-bond acceptors (Lipinski definition) is 6. The van der Waals surface area contributed by atoms with E-state index in [0.29, 0.717) is 24.5 Å². The van der Waals surface area contributed by atoms with Crippen LogP contribution in [0.2, 0.25) is 0 Å². The van der Waals surface area contributed by atoms with Crippen LogP contribution in [0.3, 0.4) is 0 Å². The molecule has 0 spiro atoms. The normalized spacial score (nSPS) is 15.5. The van der Waals surface area contributed by atoms with E-state index < -0.39 is 5.63 Å². The summed E-state index contributed by atoms with van der Waals surface area (Å²) in [6.07, 6.45) is 4.26. The van der Waals surface area contributed by atoms with Gasteiger partial charge in [0.05, 0.1) is 5.56 Å². The Balaban J connectivity index is 1.56. The summed E-state index contributed by atoms with van der Waals surface area (Å²) in [5.41, 5.74) is -0.0828. The molecule has 0 atom stereocenters. The highest BCUT2D eigenvalue weighted by Gasteiger charge is 2.25. The predicted molar refractivity (Wildman–Crippen MR) is 76.6 cm³/mol. The van der Waals surface area contributed by atoms with Gasteiger partial charge in [0.1, 0.15) is 12.4 Å². The number of piperidine rings is 1. The van der Waals surface area contributed by atoms with Crippen LogP contribution in [0.5, 0.6) is 5.88 Å². The van der Waals surface area contributed by atoms with Gasteiger partial charge in [-0.1, -0.05) is 0 Å². The lowest BCUT2D eigenvalue weighted by atomic mass is 10.1. The molecule has 1 aliphatic rings. The fourth-order valence-corrected chi connectivity index (χ4v) is 2.36. The topological polar surface area (TPSA) is 85.5 Å². The average molecular weight is 301 g/mol. The lowest BCUT2D eigenvalue weighted by Crippen LogP contribution is -2.41. The van der Waals surface area contributed by atoms with Crippen molar-refractivity contribution in [2.24, 2.45) is 0 Å². The monoisotopic (exact) mass is 301 g/mol. The van der Waals surface area contributed by atoms with E-state index in [1.54, 1.807) is 23.2 Å². The first-order valence-electron chi connectivity index (χ1n) is 7.05. The van der Waals surface area contributed by atoms with E-state index in [4.69, 9.17) is 9.15 Å². The second-order valence-corrected chi connectivity index (χ2v) is 5.01. The smallest absolute Gasteiger partial charge is 0.335 e. The Labute approximate surface area is 126 Å². The summed E-state index contributed by atoms with van der Waals surface area (Å²) in [5.74, 6) is 0.360. The number of carbonyl (C=O) groups is 1. The van der Waals surface area contributed by atoms with Crippen LogP contribution >= 0.6 is 0 Å². The van der Waals surface area contributed by atoms with Gasteiger partial charge < -0.3 is 14.1 Å². The molecule has 0 bridgehead atoms. The van der Waals surface area contributed by atoms with Crippen LogP contribution < -0.4 is 10.4 Å². The van der Waals surface area contributed by atoms with Crippen LogP contribution in [0.4, 0.5) is 0 Å². The Morgan fingerprint density at radius 3 is 2.73 bits per heavy atom. The Bertz CT molecular complexity index is 673. The molecule has 0 aromatic carbocycles. The molecule has 0 N–H and O–H groups in total. The number of rotatable bonds is 3. The third-order valence-electron chi connectivity index (χ3n) is 3.51. The van der Waals surface area contributed by atoms with Gasteiger partial charge in [-0.25, -0.2) is 4.79 Å². The van der Waals surface area contributed by atoms with Crippen molar-refractivity contribution in [2.45, 2.75) is 18.9 Å². The van der Waals surface area contributed by atoms with Gasteiger partial charge in [-0.3, -0.25) is 4.79 Å². The fourth-order valence-electron chi connectivity index (χ4n) is 2.36. The van der Waals surface area contributed by atoms with Crippen molar-refractivity contribution in [3.8, 4) is 5.88 Å². The zero-order valence-corrected chi connectivity index (χ0v) is 11.8. The summed E-state index contributed by atoms with van der Waals surface area (Å²) in [5, 5.41) is 7.65. The molecule has 0 unspecified atom stereocenters. The maximum atomic E-state index is 12.3. The Morgan fingerprint density at radius 1 is 1.27 bits per heavy atom. The summed E-state index contributed by atoms with van der Waals surface area (Å²) in [6.45, 7) is 1.17. The molecular weight excluding hydrogens is 286 g/mol. The Hall–Kier alpha value is -2.70. The number of amides is 1. The summed E-state index contributed by atoms with van der Waals surface area (Å²) in [4.78, 5) is 24.9. The van der Waals surface area contributed by atoms with E-state index in [-0.39, 0.29) is 12.0 Å². The van der Waals surface area contributed by atoms with Crippen LogP contribution in [0.1, 0.15) is 23.2 Å². The minimum Gasteiger partial charge on any atom is -0.473 e. The highest BCUT2D eigenvalue weighted by Crippen LogP contribution is 2.18.